The molecule has 2 N–H and O–H groups in total. The fourth-order valence-corrected chi connectivity index (χ4v) is 2.91. The lowest BCUT2D eigenvalue weighted by Crippen LogP contribution is -2.46. The molecule has 0 aliphatic carbocycles. The number of hydrogen-bond donors (Lipinski definition) is 2. The lowest BCUT2D eigenvalue weighted by molar-refractivity contribution is 0.0739. The normalized spacial score (nSPS) is 16.1. The molecule has 0 bridgehead atoms. The number of para-hydroxylation sites is 1. The highest BCUT2D eigenvalue weighted by molar-refractivity contribution is 5.88. The molecular weight excluding hydrogens is 328 g/mol. The van der Waals surface area contributed by atoms with E-state index in [2.05, 4.69) is 15.7 Å². The first-order valence-corrected chi connectivity index (χ1v) is 8.29. The number of nitrogens with zero attached hydrogens (tertiary/aromatic N) is 3. The molecule has 1 aliphatic heterocycles. The van der Waals surface area contributed by atoms with E-state index in [0.717, 1.165) is 5.69 Å². The maximum atomic E-state index is 12.4. The van der Waals surface area contributed by atoms with Gasteiger partial charge in [-0.25, -0.2) is 18.3 Å². The van der Waals surface area contributed by atoms with E-state index in [1.165, 1.54) is 0 Å². The number of likely N-dealkylation sites (tertiary alicyclic amines) is 1. The minimum atomic E-state index is -2.31. The summed E-state index contributed by atoms with van der Waals surface area (Å²) in [5.41, 5.74) is 0.905. The molecule has 1 aromatic heterocycles. The Hall–Kier alpha value is -2.48. The van der Waals surface area contributed by atoms with E-state index in [-0.39, 0.29) is 18.6 Å². The number of urea groups is 1. The van der Waals surface area contributed by atoms with Crippen molar-refractivity contribution in [3.63, 3.8) is 0 Å². The standard InChI is InChI=1S/C17H21F2N5O/c18-15(19)12-23-9-6-13(7-10-23)20-17(25)21-16-8-11-24(22-16)14-4-2-1-3-5-14/h1-5,8,11,13,15H,6-7,9-10,12H2,(H2,20,21,22,25). The van der Waals surface area contributed by atoms with Gasteiger partial charge in [0.25, 0.3) is 6.43 Å². The highest BCUT2D eigenvalue weighted by Crippen LogP contribution is 2.13. The average Bonchev–Trinajstić information content (AvgIpc) is 3.05. The van der Waals surface area contributed by atoms with Crippen molar-refractivity contribution in [2.45, 2.75) is 25.3 Å². The first-order chi connectivity index (χ1) is 12.1. The maximum absolute atomic E-state index is 12.4. The van der Waals surface area contributed by atoms with Crippen molar-refractivity contribution in [3.8, 4) is 5.69 Å². The van der Waals surface area contributed by atoms with E-state index in [9.17, 15) is 13.6 Å². The summed E-state index contributed by atoms with van der Waals surface area (Å²) in [6.45, 7) is 0.936. The molecule has 1 saturated heterocycles. The van der Waals surface area contributed by atoms with E-state index >= 15 is 0 Å². The fraction of sp³-hybridized carbons (Fsp3) is 0.412. The number of aromatic nitrogens is 2. The first-order valence-electron chi connectivity index (χ1n) is 8.29. The Kier molecular flexibility index (Phi) is 5.60. The Bertz CT molecular complexity index is 683. The van der Waals surface area contributed by atoms with Crippen molar-refractivity contribution in [1.82, 2.24) is 20.0 Å². The second-order valence-corrected chi connectivity index (χ2v) is 6.05. The molecule has 1 aliphatic rings. The van der Waals surface area contributed by atoms with Crippen LogP contribution >= 0.6 is 0 Å². The number of rotatable bonds is 5. The number of alkyl halides is 2. The summed E-state index contributed by atoms with van der Waals surface area (Å²) >= 11 is 0. The molecule has 1 aromatic carbocycles. The molecule has 25 heavy (non-hydrogen) atoms. The Morgan fingerprint density at radius 2 is 1.92 bits per heavy atom. The SMILES string of the molecule is O=C(Nc1ccn(-c2ccccc2)n1)NC1CCN(CC(F)F)CC1. The van der Waals surface area contributed by atoms with E-state index < -0.39 is 6.43 Å². The number of carbonyl (C=O) groups excluding carboxylic acids is 1. The molecule has 2 aromatic rings. The molecule has 0 saturated carbocycles. The van der Waals surface area contributed by atoms with E-state index in [0.29, 0.717) is 31.7 Å². The predicted octanol–water partition coefficient (Wildman–Crippen LogP) is 2.72. The quantitative estimate of drug-likeness (QED) is 0.872. The van der Waals surface area contributed by atoms with Gasteiger partial charge in [0.2, 0.25) is 0 Å². The van der Waals surface area contributed by atoms with Gasteiger partial charge >= 0.3 is 6.03 Å². The van der Waals surface area contributed by atoms with Crippen LogP contribution in [0.5, 0.6) is 0 Å². The van der Waals surface area contributed by atoms with E-state index in [1.807, 2.05) is 30.3 Å². The van der Waals surface area contributed by atoms with Gasteiger partial charge in [-0.15, -0.1) is 5.10 Å². The highest BCUT2D eigenvalue weighted by atomic mass is 19.3. The van der Waals surface area contributed by atoms with Crippen LogP contribution in [0.15, 0.2) is 42.6 Å². The third kappa shape index (κ3) is 4.99. The van der Waals surface area contributed by atoms with Crippen LogP contribution in [0.2, 0.25) is 0 Å². The molecule has 0 atom stereocenters. The third-order valence-corrected chi connectivity index (χ3v) is 4.17. The maximum Gasteiger partial charge on any atom is 0.320 e. The van der Waals surface area contributed by atoms with Crippen LogP contribution < -0.4 is 10.6 Å². The number of amides is 2. The molecule has 0 radical (unpaired) electrons. The van der Waals surface area contributed by atoms with Crippen LogP contribution in [0.25, 0.3) is 5.69 Å². The second-order valence-electron chi connectivity index (χ2n) is 6.05. The number of halogens is 2. The number of benzene rings is 1. The molecule has 6 nitrogen and oxygen atoms in total. The fourth-order valence-electron chi connectivity index (χ4n) is 2.91. The highest BCUT2D eigenvalue weighted by Gasteiger charge is 2.22. The summed E-state index contributed by atoms with van der Waals surface area (Å²) in [6.07, 6.45) is 0.790. The van der Waals surface area contributed by atoms with Crippen LogP contribution in [-0.4, -0.2) is 52.8 Å². The van der Waals surface area contributed by atoms with E-state index in [1.54, 1.807) is 21.8 Å². The van der Waals surface area contributed by atoms with Crippen LogP contribution in [0.4, 0.5) is 19.4 Å². The lowest BCUT2D eigenvalue weighted by Gasteiger charge is -2.31. The smallest absolute Gasteiger partial charge is 0.320 e. The van der Waals surface area contributed by atoms with Gasteiger partial charge in [0, 0.05) is 31.4 Å². The van der Waals surface area contributed by atoms with Crippen LogP contribution in [-0.2, 0) is 0 Å². The molecule has 2 heterocycles. The zero-order chi connectivity index (χ0) is 17.6. The van der Waals surface area contributed by atoms with Gasteiger partial charge in [0.05, 0.1) is 12.2 Å². The summed E-state index contributed by atoms with van der Waals surface area (Å²) in [7, 11) is 0. The summed E-state index contributed by atoms with van der Waals surface area (Å²) in [4.78, 5) is 13.8. The molecule has 0 spiro atoms. The van der Waals surface area contributed by atoms with Crippen LogP contribution in [0.1, 0.15) is 12.8 Å². The van der Waals surface area contributed by atoms with Gasteiger partial charge in [-0.1, -0.05) is 18.2 Å². The number of piperidine rings is 1. The van der Waals surface area contributed by atoms with Gasteiger partial charge < -0.3 is 5.32 Å². The summed E-state index contributed by atoms with van der Waals surface area (Å²) < 4.78 is 26.4. The minimum Gasteiger partial charge on any atom is -0.335 e. The number of hydrogen-bond acceptors (Lipinski definition) is 3. The molecule has 8 heteroatoms. The van der Waals surface area contributed by atoms with Crippen LogP contribution in [0, 0.1) is 0 Å². The van der Waals surface area contributed by atoms with Crippen LogP contribution in [0.3, 0.4) is 0 Å². The summed E-state index contributed by atoms with van der Waals surface area (Å²) in [6, 6.07) is 11.0. The molecule has 1 fully saturated rings. The van der Waals surface area contributed by atoms with Gasteiger partial charge in [-0.05, 0) is 25.0 Å². The van der Waals surface area contributed by atoms with Crippen molar-refractivity contribution in [2.75, 3.05) is 25.0 Å². The Balaban J connectivity index is 1.47. The Morgan fingerprint density at radius 1 is 1.20 bits per heavy atom. The summed E-state index contributed by atoms with van der Waals surface area (Å²) in [5.74, 6) is 0.455. The topological polar surface area (TPSA) is 62.2 Å². The Morgan fingerprint density at radius 3 is 2.60 bits per heavy atom. The first kappa shape index (κ1) is 17.3. The lowest BCUT2D eigenvalue weighted by atomic mass is 10.1. The predicted molar refractivity (Wildman–Crippen MR) is 91.2 cm³/mol. The molecule has 134 valence electrons. The number of nitrogens with one attached hydrogen (secondary N) is 2. The largest absolute Gasteiger partial charge is 0.335 e. The van der Waals surface area contributed by atoms with Gasteiger partial charge in [-0.3, -0.25) is 10.2 Å². The van der Waals surface area contributed by atoms with Crippen molar-refractivity contribution in [3.05, 3.63) is 42.6 Å². The van der Waals surface area contributed by atoms with E-state index in [4.69, 9.17) is 0 Å². The zero-order valence-electron chi connectivity index (χ0n) is 13.7. The molecule has 3 rings (SSSR count). The monoisotopic (exact) mass is 349 g/mol. The Labute approximate surface area is 144 Å². The minimum absolute atomic E-state index is 0.00914. The molecular formula is C17H21F2N5O. The van der Waals surface area contributed by atoms with Gasteiger partial charge in [0.15, 0.2) is 5.82 Å². The van der Waals surface area contributed by atoms with Gasteiger partial charge in [0.1, 0.15) is 0 Å². The molecule has 0 unspecified atom stereocenters. The second kappa shape index (κ2) is 8.06. The zero-order valence-corrected chi connectivity index (χ0v) is 13.7. The number of carbonyl (C=O) groups is 1. The van der Waals surface area contributed by atoms with Crippen molar-refractivity contribution < 1.29 is 13.6 Å². The summed E-state index contributed by atoms with van der Waals surface area (Å²) in [5, 5.41) is 9.90. The third-order valence-electron chi connectivity index (χ3n) is 4.17. The van der Waals surface area contributed by atoms with Crippen molar-refractivity contribution in [2.24, 2.45) is 0 Å². The average molecular weight is 349 g/mol. The molecule has 2 amide bonds. The number of anilines is 1. The van der Waals surface area contributed by atoms with Crippen molar-refractivity contribution in [1.29, 1.82) is 0 Å². The van der Waals surface area contributed by atoms with Crippen molar-refractivity contribution >= 4 is 11.8 Å². The van der Waals surface area contributed by atoms with Gasteiger partial charge in [-0.2, -0.15) is 0 Å².